The van der Waals surface area contributed by atoms with E-state index in [4.69, 9.17) is 0 Å². The number of anilines is 1. The van der Waals surface area contributed by atoms with Crippen LogP contribution in [0.4, 0.5) is 5.69 Å². The van der Waals surface area contributed by atoms with E-state index in [2.05, 4.69) is 28.1 Å². The number of carbonyl (C=O) groups is 2. The highest BCUT2D eigenvalue weighted by atomic mass is 16.2. The summed E-state index contributed by atoms with van der Waals surface area (Å²) in [6, 6.07) is 13.5. The molecule has 3 heterocycles. The second-order valence-electron chi connectivity index (χ2n) is 8.02. The van der Waals surface area contributed by atoms with Gasteiger partial charge in [0.15, 0.2) is 0 Å². The van der Waals surface area contributed by atoms with Gasteiger partial charge in [-0.1, -0.05) is 25.1 Å². The second kappa shape index (κ2) is 9.36. The Hall–Kier alpha value is -2.77. The fraction of sp³-hybridized carbons (Fsp3) is 0.435. The smallest absolute Gasteiger partial charge is 0.241 e. The Balaban J connectivity index is 1.25. The number of nitrogens with zero attached hydrogens (tertiary/aromatic N) is 2. The van der Waals surface area contributed by atoms with E-state index in [9.17, 15) is 9.59 Å². The molecule has 0 spiro atoms. The summed E-state index contributed by atoms with van der Waals surface area (Å²) < 4.78 is 0. The molecule has 2 fully saturated rings. The van der Waals surface area contributed by atoms with Gasteiger partial charge in [0.25, 0.3) is 0 Å². The number of pyridine rings is 1. The summed E-state index contributed by atoms with van der Waals surface area (Å²) in [5.41, 5.74) is 9.31. The van der Waals surface area contributed by atoms with Gasteiger partial charge >= 0.3 is 0 Å². The molecular formula is C23H29N5O2. The highest BCUT2D eigenvalue weighted by molar-refractivity contribution is 5.92. The third-order valence-corrected chi connectivity index (χ3v) is 6.05. The summed E-state index contributed by atoms with van der Waals surface area (Å²) in [7, 11) is 0. The summed E-state index contributed by atoms with van der Waals surface area (Å²) in [5.74, 6) is 0.0768. The fourth-order valence-electron chi connectivity index (χ4n) is 4.14. The summed E-state index contributed by atoms with van der Waals surface area (Å²) in [4.78, 5) is 31.8. The van der Waals surface area contributed by atoms with Crippen molar-refractivity contribution in [3.63, 3.8) is 0 Å². The van der Waals surface area contributed by atoms with E-state index < -0.39 is 0 Å². The van der Waals surface area contributed by atoms with Crippen LogP contribution in [0.2, 0.25) is 0 Å². The zero-order valence-corrected chi connectivity index (χ0v) is 17.3. The van der Waals surface area contributed by atoms with Crippen molar-refractivity contribution >= 4 is 17.5 Å². The third kappa shape index (κ3) is 4.68. The molecule has 0 aliphatic carbocycles. The lowest BCUT2D eigenvalue weighted by atomic mass is 9.95. The first kappa shape index (κ1) is 20.5. The van der Waals surface area contributed by atoms with Crippen molar-refractivity contribution in [3.8, 4) is 0 Å². The molecule has 1 aromatic carbocycles. The van der Waals surface area contributed by atoms with Crippen LogP contribution in [0, 0.1) is 5.92 Å². The molecule has 2 amide bonds. The largest absolute Gasteiger partial charge is 0.341 e. The molecule has 2 aromatic rings. The Morgan fingerprint density at radius 1 is 1.10 bits per heavy atom. The lowest BCUT2D eigenvalue weighted by Gasteiger charge is -2.32. The van der Waals surface area contributed by atoms with Gasteiger partial charge in [-0.3, -0.25) is 14.6 Å². The van der Waals surface area contributed by atoms with E-state index in [0.29, 0.717) is 32.4 Å². The van der Waals surface area contributed by atoms with Gasteiger partial charge in [0.2, 0.25) is 11.8 Å². The first-order valence-corrected chi connectivity index (χ1v) is 10.7. The highest BCUT2D eigenvalue weighted by Gasteiger charge is 2.35. The van der Waals surface area contributed by atoms with Crippen molar-refractivity contribution in [2.45, 2.75) is 44.7 Å². The summed E-state index contributed by atoms with van der Waals surface area (Å²) in [6.45, 7) is 3.33. The van der Waals surface area contributed by atoms with Crippen molar-refractivity contribution in [2.75, 3.05) is 18.4 Å². The molecule has 2 saturated heterocycles. The number of likely N-dealkylation sites (tertiary alicyclic amines) is 1. The number of rotatable bonds is 5. The van der Waals surface area contributed by atoms with Crippen molar-refractivity contribution < 1.29 is 9.59 Å². The van der Waals surface area contributed by atoms with Gasteiger partial charge in [0, 0.05) is 30.9 Å². The summed E-state index contributed by atoms with van der Waals surface area (Å²) >= 11 is 0. The molecule has 2 aliphatic heterocycles. The van der Waals surface area contributed by atoms with E-state index in [1.807, 2.05) is 47.4 Å². The third-order valence-electron chi connectivity index (χ3n) is 6.05. The Morgan fingerprint density at radius 2 is 1.87 bits per heavy atom. The first-order chi connectivity index (χ1) is 14.6. The topological polar surface area (TPSA) is 86.4 Å². The van der Waals surface area contributed by atoms with Crippen LogP contribution in [0.15, 0.2) is 48.7 Å². The number of benzene rings is 1. The predicted molar refractivity (Wildman–Crippen MR) is 115 cm³/mol. The summed E-state index contributed by atoms with van der Waals surface area (Å²) in [5, 5.41) is 3.01. The molecule has 2 unspecified atom stereocenters. The molecule has 3 N–H and O–H groups in total. The van der Waals surface area contributed by atoms with Gasteiger partial charge in [-0.2, -0.15) is 0 Å². The molecule has 7 nitrogen and oxygen atoms in total. The molecule has 0 saturated carbocycles. The number of piperidine rings is 1. The quantitative estimate of drug-likeness (QED) is 0.709. The van der Waals surface area contributed by atoms with Gasteiger partial charge in [-0.25, -0.2) is 10.9 Å². The molecule has 158 valence electrons. The average molecular weight is 408 g/mol. The monoisotopic (exact) mass is 407 g/mol. The SMILES string of the molecule is CCc1ccc(NC(=O)C2CCN(C(=O)C3CC(c4ccccn4)NN3)CC2)cc1. The van der Waals surface area contributed by atoms with Crippen LogP contribution in [-0.2, 0) is 16.0 Å². The van der Waals surface area contributed by atoms with Gasteiger partial charge in [-0.05, 0) is 55.5 Å². The maximum Gasteiger partial charge on any atom is 0.241 e. The minimum atomic E-state index is -0.264. The molecule has 2 atom stereocenters. The molecule has 2 aliphatic rings. The average Bonchev–Trinajstić information content (AvgIpc) is 3.30. The van der Waals surface area contributed by atoms with Crippen LogP contribution in [0.1, 0.15) is 43.5 Å². The molecule has 0 radical (unpaired) electrons. The lowest BCUT2D eigenvalue weighted by Crippen LogP contribution is -2.49. The van der Waals surface area contributed by atoms with Crippen molar-refractivity contribution in [1.82, 2.24) is 20.7 Å². The number of carbonyl (C=O) groups excluding carboxylic acids is 2. The number of nitrogens with one attached hydrogen (secondary N) is 3. The van der Waals surface area contributed by atoms with Crippen LogP contribution in [-0.4, -0.2) is 40.8 Å². The van der Waals surface area contributed by atoms with Crippen LogP contribution in [0.5, 0.6) is 0 Å². The zero-order chi connectivity index (χ0) is 20.9. The van der Waals surface area contributed by atoms with Gasteiger partial charge < -0.3 is 10.2 Å². The van der Waals surface area contributed by atoms with Gasteiger partial charge in [0.1, 0.15) is 6.04 Å². The first-order valence-electron chi connectivity index (χ1n) is 10.7. The Kier molecular flexibility index (Phi) is 6.40. The molecule has 30 heavy (non-hydrogen) atoms. The fourth-order valence-corrected chi connectivity index (χ4v) is 4.14. The van der Waals surface area contributed by atoms with E-state index in [1.54, 1.807) is 6.20 Å². The zero-order valence-electron chi connectivity index (χ0n) is 17.3. The lowest BCUT2D eigenvalue weighted by molar-refractivity contribution is -0.136. The van der Waals surface area contributed by atoms with Crippen molar-refractivity contribution in [3.05, 3.63) is 59.9 Å². The van der Waals surface area contributed by atoms with Crippen LogP contribution >= 0.6 is 0 Å². The van der Waals surface area contributed by atoms with E-state index in [0.717, 1.165) is 17.8 Å². The van der Waals surface area contributed by atoms with Crippen LogP contribution in [0.25, 0.3) is 0 Å². The van der Waals surface area contributed by atoms with E-state index in [1.165, 1.54) is 5.56 Å². The Bertz CT molecular complexity index is 863. The maximum atomic E-state index is 12.9. The van der Waals surface area contributed by atoms with Crippen molar-refractivity contribution in [2.24, 2.45) is 5.92 Å². The predicted octanol–water partition coefficient (Wildman–Crippen LogP) is 2.43. The van der Waals surface area contributed by atoms with Crippen LogP contribution < -0.4 is 16.2 Å². The minimum absolute atomic E-state index is 0.0302. The number of hydrogen-bond acceptors (Lipinski definition) is 5. The van der Waals surface area contributed by atoms with Gasteiger partial charge in [-0.15, -0.1) is 0 Å². The highest BCUT2D eigenvalue weighted by Crippen LogP contribution is 2.24. The second-order valence-corrected chi connectivity index (χ2v) is 8.02. The number of amides is 2. The Labute approximate surface area is 177 Å². The minimum Gasteiger partial charge on any atom is -0.341 e. The molecule has 4 rings (SSSR count). The Morgan fingerprint density at radius 3 is 2.53 bits per heavy atom. The standard InChI is InChI=1S/C23H29N5O2/c1-2-16-6-8-18(9-7-16)25-22(29)17-10-13-28(14-11-17)23(30)21-15-20(26-27-21)19-5-3-4-12-24-19/h3-9,12,17,20-21,26-27H,2,10-11,13-15H2,1H3,(H,25,29). The maximum absolute atomic E-state index is 12.9. The van der Waals surface area contributed by atoms with Gasteiger partial charge in [0.05, 0.1) is 11.7 Å². The number of aryl methyl sites for hydroxylation is 1. The van der Waals surface area contributed by atoms with Crippen molar-refractivity contribution in [1.29, 1.82) is 0 Å². The van der Waals surface area contributed by atoms with Crippen LogP contribution in [0.3, 0.4) is 0 Å². The molecule has 0 bridgehead atoms. The number of hydrogen-bond donors (Lipinski definition) is 3. The number of hydrazine groups is 1. The number of aromatic nitrogens is 1. The summed E-state index contributed by atoms with van der Waals surface area (Å²) in [6.07, 6.45) is 4.79. The molecule has 7 heteroatoms. The normalized spacial score (nSPS) is 22.1. The van der Waals surface area contributed by atoms with E-state index in [-0.39, 0.29) is 29.8 Å². The molecule has 1 aromatic heterocycles. The molecular weight excluding hydrogens is 378 g/mol. The van der Waals surface area contributed by atoms with E-state index >= 15 is 0 Å².